The van der Waals surface area contributed by atoms with Crippen molar-refractivity contribution in [1.82, 2.24) is 15.2 Å². The first-order valence-corrected chi connectivity index (χ1v) is 7.74. The van der Waals surface area contributed by atoms with Crippen LogP contribution in [0, 0.1) is 0 Å². The first-order chi connectivity index (χ1) is 9.42. The third kappa shape index (κ3) is 3.41. The van der Waals surface area contributed by atoms with E-state index in [1.807, 2.05) is 5.51 Å². The van der Waals surface area contributed by atoms with Gasteiger partial charge in [-0.25, -0.2) is 4.98 Å². The van der Waals surface area contributed by atoms with E-state index in [0.717, 1.165) is 32.6 Å². The predicted molar refractivity (Wildman–Crippen MR) is 79.4 cm³/mol. The molecule has 1 aromatic carbocycles. The summed E-state index contributed by atoms with van der Waals surface area (Å²) in [4.78, 5) is 6.89. The maximum Gasteiger partial charge on any atom is 0.0794 e. The van der Waals surface area contributed by atoms with Crippen LogP contribution in [0.25, 0.3) is 0 Å². The molecule has 19 heavy (non-hydrogen) atoms. The molecule has 1 saturated heterocycles. The van der Waals surface area contributed by atoms with Crippen LogP contribution in [0.4, 0.5) is 0 Å². The second-order valence-electron chi connectivity index (χ2n) is 4.95. The summed E-state index contributed by atoms with van der Waals surface area (Å²) in [7, 11) is 0. The number of benzene rings is 1. The van der Waals surface area contributed by atoms with E-state index in [2.05, 4.69) is 50.9 Å². The van der Waals surface area contributed by atoms with Gasteiger partial charge in [-0.05, 0) is 5.56 Å². The van der Waals surface area contributed by atoms with Crippen LogP contribution >= 0.6 is 11.3 Å². The van der Waals surface area contributed by atoms with Crippen LogP contribution in [-0.2, 0) is 6.42 Å². The lowest BCUT2D eigenvalue weighted by atomic mass is 10.0. The molecule has 3 rings (SSSR count). The predicted octanol–water partition coefficient (Wildman–Crippen LogP) is 2.33. The van der Waals surface area contributed by atoms with Gasteiger partial charge in [0.15, 0.2) is 0 Å². The highest BCUT2D eigenvalue weighted by Crippen LogP contribution is 2.17. The third-order valence-corrected chi connectivity index (χ3v) is 4.26. The number of nitrogens with one attached hydrogen (secondary N) is 1. The zero-order valence-corrected chi connectivity index (χ0v) is 11.8. The molecule has 1 aromatic heterocycles. The molecule has 2 aromatic rings. The van der Waals surface area contributed by atoms with Gasteiger partial charge in [0.2, 0.25) is 0 Å². The minimum Gasteiger partial charge on any atom is -0.308 e. The molecule has 0 aliphatic carbocycles. The van der Waals surface area contributed by atoms with E-state index in [1.165, 1.54) is 11.3 Å². The summed E-state index contributed by atoms with van der Waals surface area (Å²) >= 11 is 1.68. The Morgan fingerprint density at radius 2 is 2.21 bits per heavy atom. The Kier molecular flexibility index (Phi) is 4.23. The molecule has 0 bridgehead atoms. The van der Waals surface area contributed by atoms with Gasteiger partial charge < -0.3 is 5.32 Å². The molecular weight excluding hydrogens is 254 g/mol. The molecule has 3 nitrogen and oxygen atoms in total. The normalized spacial score (nSPS) is 20.5. The molecule has 4 heteroatoms. The maximum absolute atomic E-state index is 4.35. The number of nitrogens with zero attached hydrogens (tertiary/aromatic N) is 2. The Bertz CT molecular complexity index is 483. The van der Waals surface area contributed by atoms with Crippen molar-refractivity contribution in [2.45, 2.75) is 12.5 Å². The van der Waals surface area contributed by atoms with Gasteiger partial charge in [0.25, 0.3) is 0 Å². The molecule has 2 heterocycles. The van der Waals surface area contributed by atoms with Crippen molar-refractivity contribution < 1.29 is 0 Å². The monoisotopic (exact) mass is 273 g/mol. The van der Waals surface area contributed by atoms with E-state index in [0.29, 0.717) is 6.04 Å². The van der Waals surface area contributed by atoms with Crippen LogP contribution in [0.15, 0.2) is 41.2 Å². The van der Waals surface area contributed by atoms with Gasteiger partial charge in [0, 0.05) is 44.0 Å². The van der Waals surface area contributed by atoms with Crippen LogP contribution in [0.5, 0.6) is 0 Å². The molecule has 1 atom stereocenters. The number of hydrogen-bond donors (Lipinski definition) is 1. The summed E-state index contributed by atoms with van der Waals surface area (Å²) in [6.45, 7) is 4.40. The van der Waals surface area contributed by atoms with Gasteiger partial charge in [0.1, 0.15) is 0 Å². The van der Waals surface area contributed by atoms with E-state index in [1.54, 1.807) is 11.3 Å². The van der Waals surface area contributed by atoms with E-state index < -0.39 is 0 Å². The van der Waals surface area contributed by atoms with Crippen LogP contribution in [-0.4, -0.2) is 36.1 Å². The summed E-state index contributed by atoms with van der Waals surface area (Å²) in [5, 5.41) is 5.75. The zero-order valence-electron chi connectivity index (χ0n) is 11.0. The van der Waals surface area contributed by atoms with Gasteiger partial charge in [-0.1, -0.05) is 30.3 Å². The summed E-state index contributed by atoms with van der Waals surface area (Å²) in [6.07, 6.45) is 1.06. The fourth-order valence-electron chi connectivity index (χ4n) is 2.56. The van der Waals surface area contributed by atoms with Crippen molar-refractivity contribution >= 4 is 11.3 Å². The molecule has 1 N–H and O–H groups in total. The lowest BCUT2D eigenvalue weighted by Gasteiger charge is -2.33. The highest BCUT2D eigenvalue weighted by molar-refractivity contribution is 7.07. The van der Waals surface area contributed by atoms with Gasteiger partial charge in [0.05, 0.1) is 11.2 Å². The Balaban J connectivity index is 1.56. The van der Waals surface area contributed by atoms with Crippen molar-refractivity contribution in [1.29, 1.82) is 0 Å². The molecule has 1 fully saturated rings. The third-order valence-electron chi connectivity index (χ3n) is 3.63. The number of rotatable bonds is 4. The fourth-order valence-corrected chi connectivity index (χ4v) is 3.15. The van der Waals surface area contributed by atoms with E-state index >= 15 is 0 Å². The second-order valence-corrected chi connectivity index (χ2v) is 5.67. The van der Waals surface area contributed by atoms with Crippen molar-refractivity contribution in [3.05, 3.63) is 52.5 Å². The SMILES string of the molecule is c1ccc(C2CN(CCc3cscn3)CCN2)cc1. The van der Waals surface area contributed by atoms with Crippen molar-refractivity contribution in [2.75, 3.05) is 26.2 Å². The van der Waals surface area contributed by atoms with Crippen molar-refractivity contribution in [2.24, 2.45) is 0 Å². The Morgan fingerprint density at radius 1 is 1.32 bits per heavy atom. The summed E-state index contributed by atoms with van der Waals surface area (Å²) in [5.74, 6) is 0. The molecule has 0 saturated carbocycles. The summed E-state index contributed by atoms with van der Waals surface area (Å²) in [6, 6.07) is 11.2. The standard InChI is InChI=1S/C15H19N3S/c1-2-4-13(5-3-1)15-10-18(9-7-16-15)8-6-14-11-19-12-17-14/h1-5,11-12,15-16H,6-10H2. The molecule has 0 spiro atoms. The van der Waals surface area contributed by atoms with Crippen LogP contribution in [0.3, 0.4) is 0 Å². The quantitative estimate of drug-likeness (QED) is 0.927. The summed E-state index contributed by atoms with van der Waals surface area (Å²) in [5.41, 5.74) is 4.53. The lowest BCUT2D eigenvalue weighted by Crippen LogP contribution is -2.46. The molecular formula is C15H19N3S. The fraction of sp³-hybridized carbons (Fsp3) is 0.400. The second kappa shape index (κ2) is 6.28. The van der Waals surface area contributed by atoms with Crippen LogP contribution in [0.1, 0.15) is 17.3 Å². The average Bonchev–Trinajstić information content (AvgIpc) is 3.00. The van der Waals surface area contributed by atoms with Gasteiger partial charge in [-0.2, -0.15) is 0 Å². The van der Waals surface area contributed by atoms with E-state index in [9.17, 15) is 0 Å². The number of hydrogen-bond acceptors (Lipinski definition) is 4. The molecule has 1 unspecified atom stereocenters. The molecule has 100 valence electrons. The topological polar surface area (TPSA) is 28.2 Å². The number of thiazole rings is 1. The lowest BCUT2D eigenvalue weighted by molar-refractivity contribution is 0.202. The Labute approximate surface area is 118 Å². The van der Waals surface area contributed by atoms with Crippen LogP contribution < -0.4 is 5.32 Å². The van der Waals surface area contributed by atoms with Crippen molar-refractivity contribution in [3.63, 3.8) is 0 Å². The van der Waals surface area contributed by atoms with Crippen molar-refractivity contribution in [3.8, 4) is 0 Å². The first-order valence-electron chi connectivity index (χ1n) is 6.79. The average molecular weight is 273 g/mol. The molecule has 0 radical (unpaired) electrons. The highest BCUT2D eigenvalue weighted by atomic mass is 32.1. The maximum atomic E-state index is 4.35. The van der Waals surface area contributed by atoms with Gasteiger partial charge in [-0.3, -0.25) is 4.90 Å². The number of piperazine rings is 1. The van der Waals surface area contributed by atoms with E-state index in [4.69, 9.17) is 0 Å². The molecule has 1 aliphatic heterocycles. The number of aromatic nitrogens is 1. The zero-order chi connectivity index (χ0) is 12.9. The Hall–Kier alpha value is -1.23. The largest absolute Gasteiger partial charge is 0.308 e. The Morgan fingerprint density at radius 3 is 3.00 bits per heavy atom. The smallest absolute Gasteiger partial charge is 0.0794 e. The first kappa shape index (κ1) is 12.8. The van der Waals surface area contributed by atoms with Crippen LogP contribution in [0.2, 0.25) is 0 Å². The van der Waals surface area contributed by atoms with Gasteiger partial charge >= 0.3 is 0 Å². The summed E-state index contributed by atoms with van der Waals surface area (Å²) < 4.78 is 0. The minimum absolute atomic E-state index is 0.463. The molecule has 1 aliphatic rings. The molecule has 0 amide bonds. The van der Waals surface area contributed by atoms with E-state index in [-0.39, 0.29) is 0 Å². The minimum atomic E-state index is 0.463. The highest BCUT2D eigenvalue weighted by Gasteiger charge is 2.20. The van der Waals surface area contributed by atoms with Gasteiger partial charge in [-0.15, -0.1) is 11.3 Å².